The molecule has 0 bridgehead atoms. The van der Waals surface area contributed by atoms with Crippen LogP contribution in [0.2, 0.25) is 5.02 Å². The predicted molar refractivity (Wildman–Crippen MR) is 78.3 cm³/mol. The Balaban J connectivity index is 2.96. The van der Waals surface area contributed by atoms with Crippen LogP contribution in [0, 0.1) is 6.92 Å². The standard InChI is InChI=1S/C15H24ClNO/c1-5-9-17-15(14(6-2)18-4)12-8-7-11(3)13(16)10-12/h7-8,10,14-15,17H,5-6,9H2,1-4H3. The van der Waals surface area contributed by atoms with E-state index in [4.69, 9.17) is 16.3 Å². The molecule has 0 aliphatic heterocycles. The lowest BCUT2D eigenvalue weighted by atomic mass is 9.98. The van der Waals surface area contributed by atoms with E-state index in [-0.39, 0.29) is 12.1 Å². The van der Waals surface area contributed by atoms with Crippen LogP contribution >= 0.6 is 11.6 Å². The normalized spacial score (nSPS) is 14.5. The number of aryl methyl sites for hydroxylation is 1. The number of halogens is 1. The second kappa shape index (κ2) is 7.78. The van der Waals surface area contributed by atoms with Crippen molar-refractivity contribution in [1.82, 2.24) is 5.32 Å². The lowest BCUT2D eigenvalue weighted by molar-refractivity contribution is 0.0651. The predicted octanol–water partition coefficient (Wildman–Crippen LogP) is 4.11. The summed E-state index contributed by atoms with van der Waals surface area (Å²) in [5.41, 5.74) is 2.31. The van der Waals surface area contributed by atoms with Crippen LogP contribution in [0.15, 0.2) is 18.2 Å². The van der Waals surface area contributed by atoms with Gasteiger partial charge in [0.05, 0.1) is 12.1 Å². The highest BCUT2D eigenvalue weighted by atomic mass is 35.5. The minimum absolute atomic E-state index is 0.176. The minimum Gasteiger partial charge on any atom is -0.379 e. The van der Waals surface area contributed by atoms with Crippen molar-refractivity contribution in [3.05, 3.63) is 34.3 Å². The van der Waals surface area contributed by atoms with E-state index in [0.29, 0.717) is 0 Å². The Morgan fingerprint density at radius 1 is 1.33 bits per heavy atom. The maximum atomic E-state index is 6.21. The minimum atomic E-state index is 0.176. The summed E-state index contributed by atoms with van der Waals surface area (Å²) in [6.45, 7) is 7.31. The lowest BCUT2D eigenvalue weighted by Crippen LogP contribution is -2.33. The topological polar surface area (TPSA) is 21.3 Å². The van der Waals surface area contributed by atoms with Gasteiger partial charge in [-0.25, -0.2) is 0 Å². The molecule has 0 aliphatic carbocycles. The quantitative estimate of drug-likeness (QED) is 0.804. The molecule has 1 aromatic rings. The number of nitrogens with one attached hydrogen (secondary N) is 1. The Morgan fingerprint density at radius 3 is 2.56 bits per heavy atom. The summed E-state index contributed by atoms with van der Waals surface area (Å²) in [6, 6.07) is 6.46. The average molecular weight is 270 g/mol. The third-order valence-corrected chi connectivity index (χ3v) is 3.65. The van der Waals surface area contributed by atoms with Gasteiger partial charge in [0.25, 0.3) is 0 Å². The first-order valence-electron chi connectivity index (χ1n) is 6.66. The SMILES string of the molecule is CCCNC(c1ccc(C)c(Cl)c1)C(CC)OC. The van der Waals surface area contributed by atoms with Gasteiger partial charge in [-0.05, 0) is 43.5 Å². The van der Waals surface area contributed by atoms with E-state index in [1.165, 1.54) is 5.56 Å². The third kappa shape index (κ3) is 3.98. The molecule has 18 heavy (non-hydrogen) atoms. The molecule has 2 nitrogen and oxygen atoms in total. The zero-order chi connectivity index (χ0) is 13.5. The molecule has 0 radical (unpaired) electrons. The van der Waals surface area contributed by atoms with Crippen molar-refractivity contribution < 1.29 is 4.74 Å². The Kier molecular flexibility index (Phi) is 6.69. The first-order valence-corrected chi connectivity index (χ1v) is 7.04. The summed E-state index contributed by atoms with van der Waals surface area (Å²) in [6.07, 6.45) is 2.26. The summed E-state index contributed by atoms with van der Waals surface area (Å²) < 4.78 is 5.58. The van der Waals surface area contributed by atoms with Crippen molar-refractivity contribution in [3.63, 3.8) is 0 Å². The first-order chi connectivity index (χ1) is 8.63. The summed E-state index contributed by atoms with van der Waals surface area (Å²) in [5.74, 6) is 0. The second-order valence-corrected chi connectivity index (χ2v) is 5.03. The smallest absolute Gasteiger partial charge is 0.0763 e. The molecule has 3 heteroatoms. The molecule has 1 rings (SSSR count). The van der Waals surface area contributed by atoms with Gasteiger partial charge in [-0.2, -0.15) is 0 Å². The molecule has 2 atom stereocenters. The number of benzene rings is 1. The molecular formula is C15H24ClNO. The van der Waals surface area contributed by atoms with E-state index in [2.05, 4.69) is 31.3 Å². The largest absolute Gasteiger partial charge is 0.379 e. The molecule has 0 aromatic heterocycles. The van der Waals surface area contributed by atoms with E-state index in [1.807, 2.05) is 13.0 Å². The van der Waals surface area contributed by atoms with Crippen molar-refractivity contribution in [2.75, 3.05) is 13.7 Å². The van der Waals surface area contributed by atoms with Crippen LogP contribution in [0.25, 0.3) is 0 Å². The Labute approximate surface area is 116 Å². The van der Waals surface area contributed by atoms with Gasteiger partial charge in [0, 0.05) is 12.1 Å². The highest BCUT2D eigenvalue weighted by molar-refractivity contribution is 6.31. The molecule has 1 N–H and O–H groups in total. The first kappa shape index (κ1) is 15.5. The lowest BCUT2D eigenvalue weighted by Gasteiger charge is -2.27. The molecule has 0 saturated heterocycles. The van der Waals surface area contributed by atoms with E-state index in [9.17, 15) is 0 Å². The summed E-state index contributed by atoms with van der Waals surface area (Å²) in [5, 5.41) is 4.37. The fourth-order valence-corrected chi connectivity index (χ4v) is 2.29. The van der Waals surface area contributed by atoms with E-state index >= 15 is 0 Å². The second-order valence-electron chi connectivity index (χ2n) is 4.62. The van der Waals surface area contributed by atoms with E-state index in [1.54, 1.807) is 7.11 Å². The molecule has 0 saturated carbocycles. The number of methoxy groups -OCH3 is 1. The highest BCUT2D eigenvalue weighted by Crippen LogP contribution is 2.25. The van der Waals surface area contributed by atoms with E-state index < -0.39 is 0 Å². The van der Waals surface area contributed by atoms with Crippen LogP contribution in [0.1, 0.15) is 43.9 Å². The highest BCUT2D eigenvalue weighted by Gasteiger charge is 2.21. The zero-order valence-corrected chi connectivity index (χ0v) is 12.6. The Bertz CT molecular complexity index is 364. The molecule has 102 valence electrons. The maximum Gasteiger partial charge on any atom is 0.0763 e. The molecule has 0 fully saturated rings. The molecular weight excluding hydrogens is 246 g/mol. The van der Waals surface area contributed by atoms with Crippen LogP contribution in [0.5, 0.6) is 0 Å². The molecule has 0 spiro atoms. The van der Waals surface area contributed by atoms with Crippen LogP contribution in [0.4, 0.5) is 0 Å². The number of rotatable bonds is 7. The number of hydrogen-bond donors (Lipinski definition) is 1. The van der Waals surface area contributed by atoms with Crippen LogP contribution < -0.4 is 5.32 Å². The number of hydrogen-bond acceptors (Lipinski definition) is 2. The van der Waals surface area contributed by atoms with Gasteiger partial charge in [0.2, 0.25) is 0 Å². The van der Waals surface area contributed by atoms with Gasteiger partial charge < -0.3 is 10.1 Å². The van der Waals surface area contributed by atoms with Gasteiger partial charge in [0.15, 0.2) is 0 Å². The third-order valence-electron chi connectivity index (χ3n) is 3.25. The molecule has 2 unspecified atom stereocenters. The monoisotopic (exact) mass is 269 g/mol. The molecule has 0 heterocycles. The van der Waals surface area contributed by atoms with Crippen molar-refractivity contribution in [2.24, 2.45) is 0 Å². The van der Waals surface area contributed by atoms with Crippen molar-refractivity contribution in [3.8, 4) is 0 Å². The Hall–Kier alpha value is -0.570. The van der Waals surface area contributed by atoms with Crippen LogP contribution in [0.3, 0.4) is 0 Å². The van der Waals surface area contributed by atoms with Crippen LogP contribution in [-0.2, 0) is 4.74 Å². The van der Waals surface area contributed by atoms with E-state index in [0.717, 1.165) is 30.0 Å². The van der Waals surface area contributed by atoms with Crippen molar-refractivity contribution in [2.45, 2.75) is 45.8 Å². The summed E-state index contributed by atoms with van der Waals surface area (Å²) >= 11 is 6.21. The van der Waals surface area contributed by atoms with Gasteiger partial charge >= 0.3 is 0 Å². The van der Waals surface area contributed by atoms with Crippen molar-refractivity contribution in [1.29, 1.82) is 0 Å². The number of ether oxygens (including phenoxy) is 1. The average Bonchev–Trinajstić information content (AvgIpc) is 2.38. The zero-order valence-electron chi connectivity index (χ0n) is 11.8. The van der Waals surface area contributed by atoms with Crippen LogP contribution in [-0.4, -0.2) is 19.8 Å². The van der Waals surface area contributed by atoms with Crippen molar-refractivity contribution >= 4 is 11.6 Å². The van der Waals surface area contributed by atoms with Gasteiger partial charge in [-0.3, -0.25) is 0 Å². The Morgan fingerprint density at radius 2 is 2.06 bits per heavy atom. The fourth-order valence-electron chi connectivity index (χ4n) is 2.10. The molecule has 0 aliphatic rings. The summed E-state index contributed by atoms with van der Waals surface area (Å²) in [7, 11) is 1.77. The molecule has 1 aromatic carbocycles. The van der Waals surface area contributed by atoms with Gasteiger partial charge in [-0.1, -0.05) is 37.6 Å². The summed E-state index contributed by atoms with van der Waals surface area (Å²) in [4.78, 5) is 0. The fraction of sp³-hybridized carbons (Fsp3) is 0.600. The molecule has 0 amide bonds. The van der Waals surface area contributed by atoms with Gasteiger partial charge in [-0.15, -0.1) is 0 Å². The maximum absolute atomic E-state index is 6.21. The van der Waals surface area contributed by atoms with Gasteiger partial charge in [0.1, 0.15) is 0 Å².